The first kappa shape index (κ1) is 22.1. The first-order chi connectivity index (χ1) is 16.2. The maximum Gasteiger partial charge on any atom is 0.407 e. The Hall–Kier alpha value is -4.11. The Kier molecular flexibility index (Phi) is 6.70. The summed E-state index contributed by atoms with van der Waals surface area (Å²) in [6.07, 6.45) is -0.504. The fraction of sp³-hybridized carbons (Fsp3) is 0.222. The number of nitrogens with one attached hydrogen (secondary N) is 1. The zero-order valence-corrected chi connectivity index (χ0v) is 18.8. The number of methoxy groups -OCH3 is 3. The van der Waals surface area contributed by atoms with Crippen molar-refractivity contribution in [3.63, 3.8) is 0 Å². The average Bonchev–Trinajstić information content (AvgIpc) is 3.18. The van der Waals surface area contributed by atoms with Crippen LogP contribution in [0.4, 0.5) is 4.79 Å². The van der Waals surface area contributed by atoms with Crippen LogP contribution in [0.2, 0.25) is 0 Å². The smallest absolute Gasteiger partial charge is 0.407 e. The van der Waals surface area contributed by atoms with Crippen LogP contribution in [-0.4, -0.2) is 40.6 Å². The van der Waals surface area contributed by atoms with Gasteiger partial charge in [0, 0.05) is 11.5 Å². The molecule has 4 rings (SSSR count). The van der Waals surface area contributed by atoms with Crippen LogP contribution in [0, 0.1) is 11.8 Å². The summed E-state index contributed by atoms with van der Waals surface area (Å²) in [7, 11) is 4.64. The van der Waals surface area contributed by atoms with E-state index in [1.807, 2.05) is 24.3 Å². The molecule has 3 aromatic rings. The molecule has 1 amide bonds. The molecule has 0 heterocycles. The van der Waals surface area contributed by atoms with Gasteiger partial charge in [-0.25, -0.2) is 4.79 Å². The van der Waals surface area contributed by atoms with Crippen LogP contribution in [0.15, 0.2) is 60.7 Å². The number of carbonyl (C=O) groups is 1. The first-order valence-electron chi connectivity index (χ1n) is 10.5. The molecule has 1 aliphatic carbocycles. The highest BCUT2D eigenvalue weighted by atomic mass is 16.5. The normalized spacial score (nSPS) is 11.5. The zero-order valence-electron chi connectivity index (χ0n) is 18.8. The van der Waals surface area contributed by atoms with Crippen molar-refractivity contribution in [2.75, 3.05) is 34.5 Å². The molecule has 0 aromatic heterocycles. The molecule has 0 aliphatic heterocycles. The van der Waals surface area contributed by atoms with E-state index in [0.717, 1.165) is 0 Å². The SMILES string of the molecule is COc1cc(C#CCNC(=O)OCC2c3ccccc3-c3ccccc32)cc(OC)c1OC. The van der Waals surface area contributed by atoms with Crippen molar-refractivity contribution < 1.29 is 23.7 Å². The average molecular weight is 443 g/mol. The van der Waals surface area contributed by atoms with Crippen LogP contribution in [0.5, 0.6) is 17.2 Å². The highest BCUT2D eigenvalue weighted by Crippen LogP contribution is 2.44. The Morgan fingerprint density at radius 2 is 1.45 bits per heavy atom. The van der Waals surface area contributed by atoms with E-state index in [4.69, 9.17) is 18.9 Å². The summed E-state index contributed by atoms with van der Waals surface area (Å²) in [6.45, 7) is 0.410. The second-order valence-corrected chi connectivity index (χ2v) is 7.39. The molecule has 33 heavy (non-hydrogen) atoms. The van der Waals surface area contributed by atoms with E-state index in [0.29, 0.717) is 22.8 Å². The number of rotatable bonds is 6. The van der Waals surface area contributed by atoms with Gasteiger partial charge in [0.25, 0.3) is 0 Å². The molecule has 6 heteroatoms. The molecule has 0 spiro atoms. The number of carbonyl (C=O) groups excluding carboxylic acids is 1. The van der Waals surface area contributed by atoms with E-state index >= 15 is 0 Å². The Balaban J connectivity index is 1.36. The summed E-state index contributed by atoms with van der Waals surface area (Å²) < 4.78 is 21.5. The second kappa shape index (κ2) is 10.0. The number of hydrogen-bond acceptors (Lipinski definition) is 5. The van der Waals surface area contributed by atoms with Crippen molar-refractivity contribution in [1.29, 1.82) is 0 Å². The number of amides is 1. The van der Waals surface area contributed by atoms with E-state index in [-0.39, 0.29) is 19.1 Å². The quantitative estimate of drug-likeness (QED) is 0.564. The molecular weight excluding hydrogens is 418 g/mol. The van der Waals surface area contributed by atoms with Gasteiger partial charge in [-0.1, -0.05) is 60.4 Å². The van der Waals surface area contributed by atoms with Crippen LogP contribution in [-0.2, 0) is 4.74 Å². The molecule has 1 aliphatic rings. The lowest BCUT2D eigenvalue weighted by atomic mass is 9.98. The largest absolute Gasteiger partial charge is 0.493 e. The minimum Gasteiger partial charge on any atom is -0.493 e. The third-order valence-corrected chi connectivity index (χ3v) is 5.56. The number of ether oxygens (including phenoxy) is 4. The minimum atomic E-state index is -0.504. The third-order valence-electron chi connectivity index (χ3n) is 5.56. The minimum absolute atomic E-state index is 0.0217. The molecule has 0 saturated carbocycles. The van der Waals surface area contributed by atoms with Gasteiger partial charge in [0.1, 0.15) is 6.61 Å². The van der Waals surface area contributed by atoms with Crippen LogP contribution >= 0.6 is 0 Å². The Labute approximate surface area is 193 Å². The predicted octanol–water partition coefficient (Wildman–Crippen LogP) is 4.60. The van der Waals surface area contributed by atoms with Gasteiger partial charge in [-0.05, 0) is 34.4 Å². The van der Waals surface area contributed by atoms with Gasteiger partial charge in [-0.2, -0.15) is 0 Å². The van der Waals surface area contributed by atoms with E-state index < -0.39 is 6.09 Å². The molecule has 0 atom stereocenters. The molecule has 0 unspecified atom stereocenters. The summed E-state index contributed by atoms with van der Waals surface area (Å²) in [5.74, 6) is 7.47. The highest BCUT2D eigenvalue weighted by molar-refractivity contribution is 5.79. The van der Waals surface area contributed by atoms with Crippen molar-refractivity contribution in [3.05, 3.63) is 77.4 Å². The van der Waals surface area contributed by atoms with Crippen molar-refractivity contribution in [2.45, 2.75) is 5.92 Å². The zero-order chi connectivity index (χ0) is 23.2. The van der Waals surface area contributed by atoms with E-state index in [9.17, 15) is 4.79 Å². The van der Waals surface area contributed by atoms with Gasteiger partial charge in [-0.15, -0.1) is 0 Å². The highest BCUT2D eigenvalue weighted by Gasteiger charge is 2.28. The van der Waals surface area contributed by atoms with Crippen molar-refractivity contribution in [2.24, 2.45) is 0 Å². The number of hydrogen-bond donors (Lipinski definition) is 1. The Bertz CT molecular complexity index is 1150. The predicted molar refractivity (Wildman–Crippen MR) is 126 cm³/mol. The monoisotopic (exact) mass is 443 g/mol. The van der Waals surface area contributed by atoms with Gasteiger partial charge >= 0.3 is 6.09 Å². The second-order valence-electron chi connectivity index (χ2n) is 7.39. The summed E-state index contributed by atoms with van der Waals surface area (Å²) in [5.41, 5.74) is 5.41. The van der Waals surface area contributed by atoms with E-state index in [1.165, 1.54) is 22.3 Å². The molecule has 3 aromatic carbocycles. The summed E-state index contributed by atoms with van der Waals surface area (Å²) in [4.78, 5) is 12.3. The fourth-order valence-corrected chi connectivity index (χ4v) is 4.07. The van der Waals surface area contributed by atoms with E-state index in [1.54, 1.807) is 33.5 Å². The van der Waals surface area contributed by atoms with Gasteiger partial charge in [-0.3, -0.25) is 0 Å². The van der Waals surface area contributed by atoms with Crippen molar-refractivity contribution in [1.82, 2.24) is 5.32 Å². The molecule has 0 fully saturated rings. The lowest BCUT2D eigenvalue weighted by Gasteiger charge is -2.14. The molecule has 168 valence electrons. The van der Waals surface area contributed by atoms with Crippen LogP contribution < -0.4 is 19.5 Å². The standard InChI is InChI=1S/C27H25NO5/c1-30-24-15-18(16-25(31-2)26(24)32-3)9-8-14-28-27(29)33-17-23-21-12-6-4-10-19(21)20-11-5-7-13-22(20)23/h4-7,10-13,15-16,23H,14,17H2,1-3H3,(H,28,29). The number of benzene rings is 3. The van der Waals surface area contributed by atoms with Crippen LogP contribution in [0.1, 0.15) is 22.6 Å². The molecule has 0 bridgehead atoms. The summed E-state index contributed by atoms with van der Waals surface area (Å²) in [6, 6.07) is 20.0. The van der Waals surface area contributed by atoms with Crippen molar-refractivity contribution in [3.8, 4) is 40.2 Å². The van der Waals surface area contributed by atoms with E-state index in [2.05, 4.69) is 41.4 Å². The molecule has 6 nitrogen and oxygen atoms in total. The third kappa shape index (κ3) is 4.58. The Morgan fingerprint density at radius 3 is 2.00 bits per heavy atom. The molecule has 0 radical (unpaired) electrons. The Morgan fingerprint density at radius 1 is 0.879 bits per heavy atom. The van der Waals surface area contributed by atoms with Gasteiger partial charge < -0.3 is 24.3 Å². The maximum absolute atomic E-state index is 12.3. The molecular formula is C27H25NO5. The van der Waals surface area contributed by atoms with Crippen molar-refractivity contribution >= 4 is 6.09 Å². The maximum atomic E-state index is 12.3. The topological polar surface area (TPSA) is 66.0 Å². The van der Waals surface area contributed by atoms with Gasteiger partial charge in [0.05, 0.1) is 27.9 Å². The lowest BCUT2D eigenvalue weighted by molar-refractivity contribution is 0.144. The first-order valence-corrected chi connectivity index (χ1v) is 10.5. The number of alkyl carbamates (subject to hydrolysis) is 1. The van der Waals surface area contributed by atoms with Crippen LogP contribution in [0.25, 0.3) is 11.1 Å². The van der Waals surface area contributed by atoms with Crippen LogP contribution in [0.3, 0.4) is 0 Å². The van der Waals surface area contributed by atoms with Gasteiger partial charge in [0.15, 0.2) is 11.5 Å². The fourth-order valence-electron chi connectivity index (χ4n) is 4.07. The lowest BCUT2D eigenvalue weighted by Crippen LogP contribution is -2.26. The number of fused-ring (bicyclic) bond motifs is 3. The van der Waals surface area contributed by atoms with Gasteiger partial charge in [0.2, 0.25) is 5.75 Å². The summed E-state index contributed by atoms with van der Waals surface area (Å²) in [5, 5.41) is 2.68. The molecule has 0 saturated heterocycles. The summed E-state index contributed by atoms with van der Waals surface area (Å²) >= 11 is 0. The molecule has 1 N–H and O–H groups in total.